The molecule has 6 N–H and O–H groups in total. The Morgan fingerprint density at radius 3 is 2.67 bits per heavy atom. The standard InChI is InChI=1S/C18H28Cl2N6O/c1-23-10-15-4-6-26(11-12-7-13(19)9-14(20)8-12)17(27)16(25-15)3-2-5-24-18(21)22/h7-9,15-16,23,25H,2-6,10-11H2,1H3,(H4,21,22,24)/t15-,16-/m0/s1. The summed E-state index contributed by atoms with van der Waals surface area (Å²) in [5, 5.41) is 7.80. The third-order valence-corrected chi connectivity index (χ3v) is 4.92. The molecule has 1 aromatic carbocycles. The van der Waals surface area contributed by atoms with Gasteiger partial charge in [0.25, 0.3) is 0 Å². The summed E-state index contributed by atoms with van der Waals surface area (Å²) in [5.41, 5.74) is 11.7. The predicted molar refractivity (Wildman–Crippen MR) is 111 cm³/mol. The lowest BCUT2D eigenvalue weighted by atomic mass is 10.1. The number of amides is 1. The molecule has 0 bridgehead atoms. The van der Waals surface area contributed by atoms with Crippen LogP contribution in [0, 0.1) is 0 Å². The molecule has 9 heteroatoms. The quantitative estimate of drug-likeness (QED) is 0.291. The number of guanidine groups is 1. The van der Waals surface area contributed by atoms with Gasteiger partial charge in [0.2, 0.25) is 5.91 Å². The van der Waals surface area contributed by atoms with Crippen LogP contribution in [0.4, 0.5) is 0 Å². The maximum absolute atomic E-state index is 13.1. The second-order valence-electron chi connectivity index (χ2n) is 6.75. The summed E-state index contributed by atoms with van der Waals surface area (Å²) in [4.78, 5) is 19.0. The Kier molecular flexibility index (Phi) is 8.63. The van der Waals surface area contributed by atoms with E-state index in [2.05, 4.69) is 15.6 Å². The van der Waals surface area contributed by atoms with E-state index in [1.807, 2.05) is 24.1 Å². The van der Waals surface area contributed by atoms with Crippen LogP contribution in [0.3, 0.4) is 0 Å². The van der Waals surface area contributed by atoms with Crippen molar-refractivity contribution in [3.05, 3.63) is 33.8 Å². The molecule has 1 saturated heterocycles. The predicted octanol–water partition coefficient (Wildman–Crippen LogP) is 1.33. The topological polar surface area (TPSA) is 109 Å². The van der Waals surface area contributed by atoms with Crippen molar-refractivity contribution in [2.45, 2.75) is 37.9 Å². The highest BCUT2D eigenvalue weighted by Crippen LogP contribution is 2.21. The van der Waals surface area contributed by atoms with Gasteiger partial charge in [-0.3, -0.25) is 9.79 Å². The van der Waals surface area contributed by atoms with Crippen molar-refractivity contribution in [1.82, 2.24) is 15.5 Å². The summed E-state index contributed by atoms with van der Waals surface area (Å²) in [5.74, 6) is 0.150. The number of hydrogen-bond donors (Lipinski definition) is 4. The third kappa shape index (κ3) is 7.18. The lowest BCUT2D eigenvalue weighted by Crippen LogP contribution is -2.47. The van der Waals surface area contributed by atoms with E-state index < -0.39 is 0 Å². The number of likely N-dealkylation sites (N-methyl/N-ethyl adjacent to an activating group) is 1. The number of carbonyl (C=O) groups excluding carboxylic acids is 1. The molecule has 1 aromatic rings. The van der Waals surface area contributed by atoms with Crippen LogP contribution in [0.2, 0.25) is 10.0 Å². The molecule has 0 aliphatic carbocycles. The lowest BCUT2D eigenvalue weighted by molar-refractivity contribution is -0.133. The van der Waals surface area contributed by atoms with E-state index >= 15 is 0 Å². The van der Waals surface area contributed by atoms with Gasteiger partial charge in [-0.1, -0.05) is 23.2 Å². The average Bonchev–Trinajstić information content (AvgIpc) is 2.72. The Balaban J connectivity index is 2.09. The molecule has 0 aromatic heterocycles. The molecular formula is C18H28Cl2N6O. The largest absolute Gasteiger partial charge is 0.370 e. The first-order chi connectivity index (χ1) is 12.9. The Morgan fingerprint density at radius 2 is 2.04 bits per heavy atom. The van der Waals surface area contributed by atoms with Crippen molar-refractivity contribution in [2.75, 3.05) is 26.7 Å². The lowest BCUT2D eigenvalue weighted by Gasteiger charge is -2.25. The van der Waals surface area contributed by atoms with Crippen molar-refractivity contribution in [3.8, 4) is 0 Å². The Labute approximate surface area is 170 Å². The molecule has 2 atom stereocenters. The highest BCUT2D eigenvalue weighted by Gasteiger charge is 2.30. The first-order valence-corrected chi connectivity index (χ1v) is 9.84. The molecule has 0 spiro atoms. The van der Waals surface area contributed by atoms with Crippen LogP contribution in [0.15, 0.2) is 23.2 Å². The Hall–Kier alpha value is -1.54. The number of halogens is 2. The van der Waals surface area contributed by atoms with Crippen LogP contribution in [0.1, 0.15) is 24.8 Å². The second kappa shape index (κ2) is 10.7. The summed E-state index contributed by atoms with van der Waals surface area (Å²) < 4.78 is 0. The zero-order valence-electron chi connectivity index (χ0n) is 15.5. The maximum Gasteiger partial charge on any atom is 0.240 e. The number of aliphatic imine (C=N–C) groups is 1. The van der Waals surface area contributed by atoms with Gasteiger partial charge in [-0.15, -0.1) is 0 Å². The van der Waals surface area contributed by atoms with Crippen LogP contribution in [0.5, 0.6) is 0 Å². The number of nitrogens with one attached hydrogen (secondary N) is 2. The van der Waals surface area contributed by atoms with Crippen LogP contribution < -0.4 is 22.1 Å². The van der Waals surface area contributed by atoms with Gasteiger partial charge in [0, 0.05) is 42.3 Å². The molecule has 1 aliphatic heterocycles. The zero-order chi connectivity index (χ0) is 19.8. The van der Waals surface area contributed by atoms with Crippen molar-refractivity contribution in [1.29, 1.82) is 0 Å². The Morgan fingerprint density at radius 1 is 1.33 bits per heavy atom. The number of nitrogens with zero attached hydrogens (tertiary/aromatic N) is 2. The fourth-order valence-corrected chi connectivity index (χ4v) is 3.85. The van der Waals surface area contributed by atoms with Crippen LogP contribution in [0.25, 0.3) is 0 Å². The minimum Gasteiger partial charge on any atom is -0.370 e. The molecule has 1 fully saturated rings. The van der Waals surface area contributed by atoms with Crippen molar-refractivity contribution < 1.29 is 4.79 Å². The number of rotatable bonds is 8. The van der Waals surface area contributed by atoms with Crippen molar-refractivity contribution in [3.63, 3.8) is 0 Å². The average molecular weight is 415 g/mol. The molecule has 7 nitrogen and oxygen atoms in total. The molecule has 1 aliphatic rings. The van der Waals surface area contributed by atoms with Gasteiger partial charge in [0.05, 0.1) is 6.04 Å². The first-order valence-electron chi connectivity index (χ1n) is 9.09. The maximum atomic E-state index is 13.1. The number of nitrogens with two attached hydrogens (primary N) is 2. The molecule has 27 heavy (non-hydrogen) atoms. The van der Waals surface area contributed by atoms with E-state index in [0.717, 1.165) is 24.9 Å². The summed E-state index contributed by atoms with van der Waals surface area (Å²) >= 11 is 12.2. The minimum absolute atomic E-state index is 0.0719. The molecule has 2 rings (SSSR count). The third-order valence-electron chi connectivity index (χ3n) is 4.49. The van der Waals surface area contributed by atoms with Crippen LogP contribution in [-0.4, -0.2) is 55.5 Å². The SMILES string of the molecule is CNC[C@@H]1CCN(Cc2cc(Cl)cc(Cl)c2)C(=O)[C@H](CCCN=C(N)N)N1. The minimum atomic E-state index is -0.269. The van der Waals surface area contributed by atoms with E-state index in [1.165, 1.54) is 0 Å². The molecule has 150 valence electrons. The number of benzene rings is 1. The summed E-state index contributed by atoms with van der Waals surface area (Å²) in [6.45, 7) is 2.47. The molecule has 0 unspecified atom stereocenters. The van der Waals surface area contributed by atoms with Gasteiger partial charge < -0.3 is 27.0 Å². The molecule has 1 heterocycles. The van der Waals surface area contributed by atoms with Gasteiger partial charge in [0.15, 0.2) is 5.96 Å². The van der Waals surface area contributed by atoms with Crippen LogP contribution in [-0.2, 0) is 11.3 Å². The van der Waals surface area contributed by atoms with Crippen molar-refractivity contribution in [2.24, 2.45) is 16.5 Å². The number of carbonyl (C=O) groups is 1. The first kappa shape index (κ1) is 21.8. The fourth-order valence-electron chi connectivity index (χ4n) is 3.28. The van der Waals surface area contributed by atoms with Gasteiger partial charge >= 0.3 is 0 Å². The van der Waals surface area contributed by atoms with Gasteiger partial charge in [-0.25, -0.2) is 0 Å². The van der Waals surface area contributed by atoms with E-state index in [4.69, 9.17) is 34.7 Å². The highest BCUT2D eigenvalue weighted by molar-refractivity contribution is 6.34. The second-order valence-corrected chi connectivity index (χ2v) is 7.62. The Bertz CT molecular complexity index is 645. The fraction of sp³-hybridized carbons (Fsp3) is 0.556. The number of hydrogen-bond acceptors (Lipinski definition) is 4. The highest BCUT2D eigenvalue weighted by atomic mass is 35.5. The normalized spacial score (nSPS) is 20.4. The van der Waals surface area contributed by atoms with Crippen molar-refractivity contribution >= 4 is 35.1 Å². The smallest absolute Gasteiger partial charge is 0.240 e. The van der Waals surface area contributed by atoms with Crippen LogP contribution >= 0.6 is 23.2 Å². The van der Waals surface area contributed by atoms with E-state index in [-0.39, 0.29) is 24.0 Å². The molecule has 0 saturated carbocycles. The van der Waals surface area contributed by atoms with E-state index in [1.54, 1.807) is 6.07 Å². The van der Waals surface area contributed by atoms with E-state index in [0.29, 0.717) is 36.1 Å². The van der Waals surface area contributed by atoms with Gasteiger partial charge in [-0.05, 0) is 50.1 Å². The molecule has 0 radical (unpaired) electrons. The monoisotopic (exact) mass is 414 g/mol. The zero-order valence-corrected chi connectivity index (χ0v) is 17.1. The molecule has 1 amide bonds. The van der Waals surface area contributed by atoms with E-state index in [9.17, 15) is 4.79 Å². The summed E-state index contributed by atoms with van der Waals surface area (Å²) in [7, 11) is 1.91. The van der Waals surface area contributed by atoms with Gasteiger partial charge in [0.1, 0.15) is 0 Å². The summed E-state index contributed by atoms with van der Waals surface area (Å²) in [6.07, 6.45) is 2.26. The van der Waals surface area contributed by atoms with Gasteiger partial charge in [-0.2, -0.15) is 0 Å². The summed E-state index contributed by atoms with van der Waals surface area (Å²) in [6, 6.07) is 5.33. The molecular weight excluding hydrogens is 387 g/mol.